The summed E-state index contributed by atoms with van der Waals surface area (Å²) in [5.74, 6) is 0.739. The quantitative estimate of drug-likeness (QED) is 0.935. The summed E-state index contributed by atoms with van der Waals surface area (Å²) >= 11 is 1.49. The fourth-order valence-corrected chi connectivity index (χ4v) is 2.57. The average Bonchev–Trinajstić information content (AvgIpc) is 2.85. The molecule has 2 rings (SSSR count). The first-order valence-corrected chi connectivity index (χ1v) is 6.89. The number of methoxy groups -OCH3 is 1. The summed E-state index contributed by atoms with van der Waals surface area (Å²) in [6.07, 6.45) is 1.40. The van der Waals surface area contributed by atoms with Gasteiger partial charge in [-0.25, -0.2) is 4.98 Å². The highest BCUT2D eigenvalue weighted by Crippen LogP contribution is 2.30. The van der Waals surface area contributed by atoms with E-state index in [1.807, 2.05) is 31.8 Å². The molecule has 6 nitrogen and oxygen atoms in total. The molecule has 0 spiro atoms. The maximum Gasteiger partial charge on any atom is 0.257 e. The number of carbonyl (C=O) groups excluding carboxylic acids is 1. The first-order chi connectivity index (χ1) is 9.54. The Labute approximate surface area is 121 Å². The molecule has 0 bridgehead atoms. The second-order valence-corrected chi connectivity index (χ2v) is 5.14. The highest BCUT2D eigenvalue weighted by molar-refractivity contribution is 7.08. The van der Waals surface area contributed by atoms with Gasteiger partial charge in [-0.3, -0.25) is 4.79 Å². The molecule has 1 N–H and O–H groups in total. The number of amides is 1. The van der Waals surface area contributed by atoms with Crippen molar-refractivity contribution in [1.29, 1.82) is 0 Å². The molecular weight excluding hydrogens is 276 g/mol. The summed E-state index contributed by atoms with van der Waals surface area (Å²) in [7, 11) is 5.19. The zero-order chi connectivity index (χ0) is 14.7. The van der Waals surface area contributed by atoms with Gasteiger partial charge >= 0.3 is 0 Å². The van der Waals surface area contributed by atoms with Gasteiger partial charge in [0.1, 0.15) is 12.0 Å². The van der Waals surface area contributed by atoms with Gasteiger partial charge in [-0.15, -0.1) is 0 Å². The molecule has 0 radical (unpaired) electrons. The highest BCUT2D eigenvalue weighted by Gasteiger charge is 2.18. The molecule has 0 unspecified atom stereocenters. The van der Waals surface area contributed by atoms with E-state index in [-0.39, 0.29) is 5.91 Å². The lowest BCUT2D eigenvalue weighted by Crippen LogP contribution is -2.19. The van der Waals surface area contributed by atoms with Crippen LogP contribution in [-0.2, 0) is 0 Å². The Kier molecular flexibility index (Phi) is 4.19. The van der Waals surface area contributed by atoms with Crippen LogP contribution in [-0.4, -0.2) is 37.1 Å². The second-order valence-electron chi connectivity index (χ2n) is 4.40. The van der Waals surface area contributed by atoms with Gasteiger partial charge in [0.05, 0.1) is 12.7 Å². The SMILES string of the molecule is COc1ncnc(N(C)C)c1NC(=O)c1cscc1C. The van der Waals surface area contributed by atoms with Crippen molar-refractivity contribution >= 4 is 28.7 Å². The highest BCUT2D eigenvalue weighted by atomic mass is 32.1. The molecule has 2 heterocycles. The van der Waals surface area contributed by atoms with Crippen molar-refractivity contribution in [3.05, 3.63) is 28.2 Å². The Morgan fingerprint density at radius 1 is 1.35 bits per heavy atom. The van der Waals surface area contributed by atoms with E-state index in [1.165, 1.54) is 24.8 Å². The summed E-state index contributed by atoms with van der Waals surface area (Å²) in [6.45, 7) is 1.90. The van der Waals surface area contributed by atoms with Crippen molar-refractivity contribution in [2.75, 3.05) is 31.4 Å². The van der Waals surface area contributed by atoms with Crippen LogP contribution in [0.2, 0.25) is 0 Å². The maximum atomic E-state index is 12.3. The van der Waals surface area contributed by atoms with Gasteiger partial charge in [0.2, 0.25) is 5.88 Å². The number of aryl methyl sites for hydroxylation is 1. The number of thiophene rings is 1. The molecule has 0 aromatic carbocycles. The topological polar surface area (TPSA) is 67.4 Å². The normalized spacial score (nSPS) is 10.2. The molecule has 0 fully saturated rings. The Morgan fingerprint density at radius 2 is 2.10 bits per heavy atom. The van der Waals surface area contributed by atoms with Crippen molar-refractivity contribution in [1.82, 2.24) is 9.97 Å². The van der Waals surface area contributed by atoms with Crippen LogP contribution in [0.1, 0.15) is 15.9 Å². The van der Waals surface area contributed by atoms with Gasteiger partial charge in [0, 0.05) is 19.5 Å². The van der Waals surface area contributed by atoms with E-state index in [0.717, 1.165) is 5.56 Å². The van der Waals surface area contributed by atoms with Crippen LogP contribution in [0.5, 0.6) is 5.88 Å². The smallest absolute Gasteiger partial charge is 0.257 e. The predicted molar refractivity (Wildman–Crippen MR) is 79.9 cm³/mol. The van der Waals surface area contributed by atoms with E-state index in [4.69, 9.17) is 4.74 Å². The molecule has 0 aliphatic rings. The van der Waals surface area contributed by atoms with Gasteiger partial charge < -0.3 is 15.0 Å². The molecule has 0 atom stereocenters. The third-order valence-corrected chi connectivity index (χ3v) is 3.61. The number of hydrogen-bond acceptors (Lipinski definition) is 6. The minimum absolute atomic E-state index is 0.194. The number of nitrogens with zero attached hydrogens (tertiary/aromatic N) is 3. The molecule has 20 heavy (non-hydrogen) atoms. The van der Waals surface area contributed by atoms with Crippen LogP contribution in [0, 0.1) is 6.92 Å². The average molecular weight is 292 g/mol. The lowest BCUT2D eigenvalue weighted by atomic mass is 10.2. The van der Waals surface area contributed by atoms with Crippen LogP contribution in [0.4, 0.5) is 11.5 Å². The van der Waals surface area contributed by atoms with Crippen molar-refractivity contribution in [2.24, 2.45) is 0 Å². The minimum Gasteiger partial charge on any atom is -0.479 e. The van der Waals surface area contributed by atoms with E-state index in [2.05, 4.69) is 15.3 Å². The van der Waals surface area contributed by atoms with Crippen LogP contribution in [0.15, 0.2) is 17.1 Å². The monoisotopic (exact) mass is 292 g/mol. The number of hydrogen-bond donors (Lipinski definition) is 1. The third-order valence-electron chi connectivity index (χ3n) is 2.75. The third kappa shape index (κ3) is 2.72. The number of aromatic nitrogens is 2. The maximum absolute atomic E-state index is 12.3. The van der Waals surface area contributed by atoms with Gasteiger partial charge in [0.15, 0.2) is 5.82 Å². The molecular formula is C13H16N4O2S. The Morgan fingerprint density at radius 3 is 2.65 bits per heavy atom. The first-order valence-electron chi connectivity index (χ1n) is 5.95. The largest absolute Gasteiger partial charge is 0.479 e. The van der Waals surface area contributed by atoms with Crippen molar-refractivity contribution < 1.29 is 9.53 Å². The van der Waals surface area contributed by atoms with Gasteiger partial charge in [-0.05, 0) is 17.9 Å². The van der Waals surface area contributed by atoms with Crippen molar-refractivity contribution in [2.45, 2.75) is 6.92 Å². The lowest BCUT2D eigenvalue weighted by Gasteiger charge is -2.17. The number of rotatable bonds is 4. The Hall–Kier alpha value is -2.15. The minimum atomic E-state index is -0.194. The molecule has 0 saturated heterocycles. The summed E-state index contributed by atoms with van der Waals surface area (Å²) in [5, 5.41) is 6.58. The van der Waals surface area contributed by atoms with Gasteiger partial charge in [-0.1, -0.05) is 0 Å². The summed E-state index contributed by atoms with van der Waals surface area (Å²) in [5.41, 5.74) is 2.05. The molecule has 7 heteroatoms. The van der Waals surface area contributed by atoms with E-state index >= 15 is 0 Å². The van der Waals surface area contributed by atoms with Gasteiger partial charge in [0.25, 0.3) is 5.91 Å². The van der Waals surface area contributed by atoms with E-state index in [0.29, 0.717) is 22.9 Å². The van der Waals surface area contributed by atoms with E-state index in [9.17, 15) is 4.79 Å². The molecule has 0 saturated carbocycles. The fraction of sp³-hybridized carbons (Fsp3) is 0.308. The summed E-state index contributed by atoms with van der Waals surface area (Å²) in [4.78, 5) is 22.3. The standard InChI is InChI=1S/C13H16N4O2S/c1-8-5-20-6-9(8)12(18)16-10-11(17(2)3)14-7-15-13(10)19-4/h5-7H,1-4H3,(H,16,18). The second kappa shape index (κ2) is 5.87. The molecule has 2 aromatic heterocycles. The van der Waals surface area contributed by atoms with Gasteiger partial charge in [-0.2, -0.15) is 16.3 Å². The summed E-state index contributed by atoms with van der Waals surface area (Å²) < 4.78 is 5.19. The number of carbonyl (C=O) groups is 1. The Balaban J connectivity index is 2.37. The molecule has 0 aliphatic carbocycles. The van der Waals surface area contributed by atoms with Crippen molar-refractivity contribution in [3.63, 3.8) is 0 Å². The zero-order valence-corrected chi connectivity index (χ0v) is 12.6. The van der Waals surface area contributed by atoms with Crippen LogP contribution in [0.3, 0.4) is 0 Å². The molecule has 106 valence electrons. The van der Waals surface area contributed by atoms with E-state index in [1.54, 1.807) is 4.90 Å². The zero-order valence-electron chi connectivity index (χ0n) is 11.8. The first kappa shape index (κ1) is 14.3. The Bertz CT molecular complexity index is 625. The van der Waals surface area contributed by atoms with Crippen molar-refractivity contribution in [3.8, 4) is 5.88 Å². The number of ether oxygens (including phenoxy) is 1. The van der Waals surface area contributed by atoms with Crippen LogP contribution in [0.25, 0.3) is 0 Å². The van der Waals surface area contributed by atoms with E-state index < -0.39 is 0 Å². The van der Waals surface area contributed by atoms with Crippen LogP contribution >= 0.6 is 11.3 Å². The molecule has 1 amide bonds. The number of nitrogens with one attached hydrogen (secondary N) is 1. The molecule has 2 aromatic rings. The van der Waals surface area contributed by atoms with Crippen LogP contribution < -0.4 is 15.0 Å². The predicted octanol–water partition coefficient (Wildman–Crippen LogP) is 2.17. The summed E-state index contributed by atoms with van der Waals surface area (Å²) in [6, 6.07) is 0. The fourth-order valence-electron chi connectivity index (χ4n) is 1.74. The lowest BCUT2D eigenvalue weighted by molar-refractivity contribution is 0.102. The molecule has 0 aliphatic heterocycles. The number of anilines is 2.